The van der Waals surface area contributed by atoms with E-state index in [1.165, 1.54) is 24.3 Å². The molecule has 2 aromatic rings. The van der Waals surface area contributed by atoms with Crippen molar-refractivity contribution in [1.82, 2.24) is 0 Å². The lowest BCUT2D eigenvalue weighted by Crippen LogP contribution is -2.11. The third-order valence-electron chi connectivity index (χ3n) is 3.90. The molecule has 0 bridgehead atoms. The quantitative estimate of drug-likeness (QED) is 0.785. The zero-order valence-electron chi connectivity index (χ0n) is 11.3. The molecule has 2 aromatic carbocycles. The summed E-state index contributed by atoms with van der Waals surface area (Å²) in [5.74, 6) is -0.893. The standard InChI is InChI=1S/C16H12Cl2O3S/c17-11-4-6-13(7-5-11)22(20,21)16-14(9-19)15(16)10-2-1-3-12(18)8-10/h1-9,14-16H/t14-,15+,16+/m1/s1. The van der Waals surface area contributed by atoms with E-state index in [0.717, 1.165) is 5.56 Å². The molecule has 0 spiro atoms. The van der Waals surface area contributed by atoms with Crippen LogP contribution in [0.25, 0.3) is 0 Å². The highest BCUT2D eigenvalue weighted by Crippen LogP contribution is 2.53. The Morgan fingerprint density at radius 1 is 0.955 bits per heavy atom. The van der Waals surface area contributed by atoms with Crippen LogP contribution in [0.5, 0.6) is 0 Å². The second-order valence-electron chi connectivity index (χ2n) is 5.26. The molecule has 6 heteroatoms. The number of carbonyl (C=O) groups excluding carboxylic acids is 1. The summed E-state index contributed by atoms with van der Waals surface area (Å²) in [6, 6.07) is 13.0. The molecule has 0 heterocycles. The zero-order chi connectivity index (χ0) is 15.9. The third kappa shape index (κ3) is 2.67. The van der Waals surface area contributed by atoms with Crippen LogP contribution in [0.4, 0.5) is 0 Å². The van der Waals surface area contributed by atoms with Crippen LogP contribution in [0.3, 0.4) is 0 Å². The van der Waals surface area contributed by atoms with Crippen molar-refractivity contribution in [3.05, 3.63) is 64.1 Å². The highest BCUT2D eigenvalue weighted by molar-refractivity contribution is 7.92. The summed E-state index contributed by atoms with van der Waals surface area (Å²) in [7, 11) is -3.59. The molecule has 1 saturated carbocycles. The van der Waals surface area contributed by atoms with Crippen LogP contribution in [0, 0.1) is 5.92 Å². The first-order valence-electron chi connectivity index (χ1n) is 6.65. The summed E-state index contributed by atoms with van der Waals surface area (Å²) in [6.45, 7) is 0. The molecule has 1 aliphatic carbocycles. The molecule has 1 fully saturated rings. The smallest absolute Gasteiger partial charge is 0.182 e. The van der Waals surface area contributed by atoms with Crippen LogP contribution in [-0.2, 0) is 14.6 Å². The fourth-order valence-electron chi connectivity index (χ4n) is 2.77. The number of benzene rings is 2. The van der Waals surface area contributed by atoms with Crippen molar-refractivity contribution in [3.63, 3.8) is 0 Å². The number of halogens is 2. The fourth-order valence-corrected chi connectivity index (χ4v) is 5.21. The summed E-state index contributed by atoms with van der Waals surface area (Å²) in [4.78, 5) is 11.4. The highest BCUT2D eigenvalue weighted by atomic mass is 35.5. The van der Waals surface area contributed by atoms with E-state index >= 15 is 0 Å². The molecule has 0 radical (unpaired) electrons. The lowest BCUT2D eigenvalue weighted by molar-refractivity contribution is -0.108. The monoisotopic (exact) mass is 354 g/mol. The second-order valence-corrected chi connectivity index (χ2v) is 8.24. The molecule has 0 aromatic heterocycles. The van der Waals surface area contributed by atoms with Crippen molar-refractivity contribution in [2.75, 3.05) is 0 Å². The Balaban J connectivity index is 1.97. The maximum Gasteiger partial charge on any atom is 0.182 e. The first-order valence-corrected chi connectivity index (χ1v) is 8.95. The van der Waals surface area contributed by atoms with Crippen molar-refractivity contribution in [2.45, 2.75) is 16.1 Å². The Labute approximate surface area is 138 Å². The summed E-state index contributed by atoms with van der Waals surface area (Å²) in [6.07, 6.45) is 0.712. The van der Waals surface area contributed by atoms with Crippen molar-refractivity contribution < 1.29 is 13.2 Å². The van der Waals surface area contributed by atoms with Gasteiger partial charge in [-0.25, -0.2) is 8.42 Å². The Morgan fingerprint density at radius 3 is 2.23 bits per heavy atom. The first-order chi connectivity index (χ1) is 10.4. The molecule has 0 N–H and O–H groups in total. The molecule has 0 aliphatic heterocycles. The molecule has 3 rings (SSSR count). The van der Waals surface area contributed by atoms with Gasteiger partial charge in [0.15, 0.2) is 9.84 Å². The van der Waals surface area contributed by atoms with Crippen LogP contribution in [0.15, 0.2) is 53.4 Å². The van der Waals surface area contributed by atoms with Crippen LogP contribution in [-0.4, -0.2) is 20.0 Å². The van der Waals surface area contributed by atoms with E-state index in [0.29, 0.717) is 16.3 Å². The lowest BCUT2D eigenvalue weighted by Gasteiger charge is -2.04. The number of hydrogen-bond acceptors (Lipinski definition) is 3. The maximum absolute atomic E-state index is 12.7. The van der Waals surface area contributed by atoms with Gasteiger partial charge in [-0.05, 0) is 42.0 Å². The second kappa shape index (κ2) is 5.69. The number of hydrogen-bond donors (Lipinski definition) is 0. The van der Waals surface area contributed by atoms with Crippen molar-refractivity contribution in [2.24, 2.45) is 5.92 Å². The van der Waals surface area contributed by atoms with E-state index in [1.807, 2.05) is 0 Å². The van der Waals surface area contributed by atoms with Gasteiger partial charge in [0.25, 0.3) is 0 Å². The van der Waals surface area contributed by atoms with Gasteiger partial charge in [-0.3, -0.25) is 0 Å². The Bertz CT molecular complexity index is 816. The van der Waals surface area contributed by atoms with Crippen molar-refractivity contribution in [1.29, 1.82) is 0 Å². The predicted molar refractivity (Wildman–Crippen MR) is 86.2 cm³/mol. The Kier molecular flexibility index (Phi) is 4.02. The molecule has 1 aliphatic rings. The minimum atomic E-state index is -3.59. The van der Waals surface area contributed by atoms with E-state index in [-0.39, 0.29) is 10.8 Å². The summed E-state index contributed by atoms with van der Waals surface area (Å²) in [5, 5.41) is 0.245. The summed E-state index contributed by atoms with van der Waals surface area (Å²) >= 11 is 11.7. The van der Waals surface area contributed by atoms with Gasteiger partial charge in [0, 0.05) is 21.9 Å². The third-order valence-corrected chi connectivity index (χ3v) is 6.64. The largest absolute Gasteiger partial charge is 0.303 e. The van der Waals surface area contributed by atoms with Gasteiger partial charge >= 0.3 is 0 Å². The van der Waals surface area contributed by atoms with Crippen LogP contribution >= 0.6 is 23.2 Å². The molecule has 22 heavy (non-hydrogen) atoms. The van der Waals surface area contributed by atoms with Gasteiger partial charge in [0.1, 0.15) is 6.29 Å². The van der Waals surface area contributed by atoms with Crippen molar-refractivity contribution >= 4 is 39.3 Å². The van der Waals surface area contributed by atoms with E-state index < -0.39 is 21.0 Å². The summed E-state index contributed by atoms with van der Waals surface area (Å²) in [5.41, 5.74) is 0.770. The molecule has 0 saturated heterocycles. The minimum absolute atomic E-state index is 0.179. The average molecular weight is 355 g/mol. The van der Waals surface area contributed by atoms with Gasteiger partial charge in [-0.15, -0.1) is 0 Å². The SMILES string of the molecule is O=C[C@@H]1[C@H](c2cccc(Cl)c2)[C@H]1S(=O)(=O)c1ccc(Cl)cc1. The van der Waals surface area contributed by atoms with Crippen molar-refractivity contribution in [3.8, 4) is 0 Å². The predicted octanol–water partition coefficient (Wildman–Crippen LogP) is 3.75. The lowest BCUT2D eigenvalue weighted by atomic mass is 10.1. The van der Waals surface area contributed by atoms with E-state index in [4.69, 9.17) is 23.2 Å². The van der Waals surface area contributed by atoms with Gasteiger partial charge in [0.05, 0.1) is 10.1 Å². The summed E-state index contributed by atoms with van der Waals surface area (Å²) < 4.78 is 25.4. The number of rotatable bonds is 4. The molecular formula is C16H12Cl2O3S. The average Bonchev–Trinajstić information content (AvgIpc) is 3.23. The van der Waals surface area contributed by atoms with E-state index in [2.05, 4.69) is 0 Å². The number of aldehydes is 1. The van der Waals surface area contributed by atoms with Crippen LogP contribution in [0.1, 0.15) is 11.5 Å². The molecule has 3 atom stereocenters. The molecule has 0 amide bonds. The molecule has 114 valence electrons. The van der Waals surface area contributed by atoms with Crippen LogP contribution in [0.2, 0.25) is 10.0 Å². The first kappa shape index (κ1) is 15.5. The molecule has 0 unspecified atom stereocenters. The normalized spacial score (nSPS) is 24.0. The van der Waals surface area contributed by atoms with Gasteiger partial charge in [-0.2, -0.15) is 0 Å². The van der Waals surface area contributed by atoms with E-state index in [9.17, 15) is 13.2 Å². The fraction of sp³-hybridized carbons (Fsp3) is 0.188. The maximum atomic E-state index is 12.7. The van der Waals surface area contributed by atoms with Crippen LogP contribution < -0.4 is 0 Å². The topological polar surface area (TPSA) is 51.2 Å². The van der Waals surface area contributed by atoms with Gasteiger partial charge < -0.3 is 4.79 Å². The zero-order valence-corrected chi connectivity index (χ0v) is 13.6. The van der Waals surface area contributed by atoms with E-state index in [1.54, 1.807) is 24.3 Å². The van der Waals surface area contributed by atoms with Gasteiger partial charge in [-0.1, -0.05) is 35.3 Å². The number of sulfone groups is 1. The highest BCUT2D eigenvalue weighted by Gasteiger charge is 2.59. The number of carbonyl (C=O) groups is 1. The Hall–Kier alpha value is -1.36. The minimum Gasteiger partial charge on any atom is -0.303 e. The molecular weight excluding hydrogens is 343 g/mol. The van der Waals surface area contributed by atoms with Gasteiger partial charge in [0.2, 0.25) is 0 Å². The Morgan fingerprint density at radius 2 is 1.64 bits per heavy atom. The molecule has 3 nitrogen and oxygen atoms in total.